The zero-order valence-electron chi connectivity index (χ0n) is 13.7. The number of hydrogen-bond donors (Lipinski definition) is 1. The molecule has 7 heteroatoms. The molecule has 0 atom stereocenters. The Kier molecular flexibility index (Phi) is 5.94. The number of benzene rings is 1. The fourth-order valence-electron chi connectivity index (χ4n) is 2.67. The van der Waals surface area contributed by atoms with Crippen LogP contribution in [-0.2, 0) is 0 Å². The van der Waals surface area contributed by atoms with Crippen LogP contribution in [0.3, 0.4) is 0 Å². The van der Waals surface area contributed by atoms with E-state index in [1.165, 1.54) is 24.2 Å². The molecule has 1 saturated carbocycles. The predicted molar refractivity (Wildman–Crippen MR) is 107 cm³/mol. The van der Waals surface area contributed by atoms with E-state index < -0.39 is 0 Å². The lowest BCUT2D eigenvalue weighted by Gasteiger charge is -2.17. The van der Waals surface area contributed by atoms with Crippen LogP contribution in [0, 0.1) is 10.5 Å². The van der Waals surface area contributed by atoms with Gasteiger partial charge < -0.3 is 9.47 Å². The molecule has 1 aliphatic rings. The van der Waals surface area contributed by atoms with Crippen LogP contribution in [0.1, 0.15) is 36.9 Å². The first-order chi connectivity index (χ1) is 11.7. The summed E-state index contributed by atoms with van der Waals surface area (Å²) in [7, 11) is 1.67. The highest BCUT2D eigenvalue weighted by Crippen LogP contribution is 2.36. The van der Waals surface area contributed by atoms with Crippen molar-refractivity contribution in [2.24, 2.45) is 5.10 Å². The van der Waals surface area contributed by atoms with Crippen LogP contribution in [0.25, 0.3) is 0 Å². The van der Waals surface area contributed by atoms with E-state index >= 15 is 0 Å². The number of anilines is 1. The highest BCUT2D eigenvalue weighted by Gasteiger charge is 2.20. The highest BCUT2D eigenvalue weighted by atomic mass is 127. The summed E-state index contributed by atoms with van der Waals surface area (Å²) in [6.45, 7) is 1.96. The summed E-state index contributed by atoms with van der Waals surface area (Å²) in [5, 5.41) is 7.02. The number of nitrogens with one attached hydrogen (secondary N) is 1. The Labute approximate surface area is 159 Å². The molecule has 2 aromatic rings. The van der Waals surface area contributed by atoms with Gasteiger partial charge >= 0.3 is 0 Å². The van der Waals surface area contributed by atoms with Crippen molar-refractivity contribution < 1.29 is 9.47 Å². The normalized spacial score (nSPS) is 15.1. The number of nitrogens with zero attached hydrogens (tertiary/aromatic N) is 2. The molecule has 0 bridgehead atoms. The average Bonchev–Trinajstić information content (AvgIpc) is 3.21. The first-order valence-electron chi connectivity index (χ1n) is 7.91. The topological polar surface area (TPSA) is 55.7 Å². The summed E-state index contributed by atoms with van der Waals surface area (Å²) >= 11 is 3.82. The number of hydrogen-bond acceptors (Lipinski definition) is 6. The number of hydrazone groups is 1. The second kappa shape index (κ2) is 8.15. The molecule has 128 valence electrons. The summed E-state index contributed by atoms with van der Waals surface area (Å²) in [6.07, 6.45) is 6.81. The zero-order valence-corrected chi connectivity index (χ0v) is 16.7. The van der Waals surface area contributed by atoms with Crippen LogP contribution in [0.15, 0.2) is 22.6 Å². The van der Waals surface area contributed by atoms with Crippen LogP contribution in [0.4, 0.5) is 5.13 Å². The van der Waals surface area contributed by atoms with Crippen LogP contribution < -0.4 is 14.9 Å². The van der Waals surface area contributed by atoms with Crippen molar-refractivity contribution in [2.45, 2.75) is 38.7 Å². The maximum atomic E-state index is 6.16. The smallest absolute Gasteiger partial charge is 0.203 e. The van der Waals surface area contributed by atoms with Crippen molar-refractivity contribution >= 4 is 45.3 Å². The minimum atomic E-state index is 0.307. The molecule has 24 heavy (non-hydrogen) atoms. The summed E-state index contributed by atoms with van der Waals surface area (Å²) < 4.78 is 12.7. The lowest BCUT2D eigenvalue weighted by Crippen LogP contribution is -2.12. The van der Waals surface area contributed by atoms with Gasteiger partial charge in [0.1, 0.15) is 0 Å². The Bertz CT molecular complexity index is 727. The molecule has 1 aromatic heterocycles. The molecule has 0 unspecified atom stereocenters. The molecule has 3 rings (SSSR count). The van der Waals surface area contributed by atoms with Crippen molar-refractivity contribution in [3.05, 3.63) is 32.3 Å². The van der Waals surface area contributed by atoms with E-state index in [4.69, 9.17) is 9.47 Å². The van der Waals surface area contributed by atoms with E-state index in [1.807, 2.05) is 24.4 Å². The summed E-state index contributed by atoms with van der Waals surface area (Å²) in [4.78, 5) is 4.31. The number of methoxy groups -OCH3 is 1. The standard InChI is InChI=1S/C17H20IN3O2S/c1-11-10-24-17(20-11)21-19-9-12-7-14(18)16(15(8-12)22-2)23-13-5-3-4-6-13/h7-10,13H,3-6H2,1-2H3,(H,20,21). The highest BCUT2D eigenvalue weighted by molar-refractivity contribution is 14.1. The lowest BCUT2D eigenvalue weighted by atomic mass is 10.2. The molecule has 0 saturated heterocycles. The van der Waals surface area contributed by atoms with Gasteiger partial charge in [-0.05, 0) is 72.9 Å². The van der Waals surface area contributed by atoms with Gasteiger partial charge in [-0.15, -0.1) is 11.3 Å². The van der Waals surface area contributed by atoms with E-state index in [0.717, 1.165) is 44.3 Å². The van der Waals surface area contributed by atoms with Crippen molar-refractivity contribution in [3.63, 3.8) is 0 Å². The summed E-state index contributed by atoms with van der Waals surface area (Å²) in [6, 6.07) is 4.00. The monoisotopic (exact) mass is 457 g/mol. The number of halogens is 1. The molecule has 1 aliphatic carbocycles. The average molecular weight is 457 g/mol. The molecule has 0 spiro atoms. The van der Waals surface area contributed by atoms with Gasteiger partial charge in [-0.2, -0.15) is 5.10 Å². The molecule has 5 nitrogen and oxygen atoms in total. The van der Waals surface area contributed by atoms with Gasteiger partial charge in [0.25, 0.3) is 0 Å². The van der Waals surface area contributed by atoms with Crippen LogP contribution >= 0.6 is 33.9 Å². The zero-order chi connectivity index (χ0) is 16.9. The van der Waals surface area contributed by atoms with Gasteiger partial charge in [0.05, 0.1) is 28.7 Å². The third-order valence-electron chi connectivity index (χ3n) is 3.83. The van der Waals surface area contributed by atoms with Crippen LogP contribution in [-0.4, -0.2) is 24.4 Å². The van der Waals surface area contributed by atoms with Crippen molar-refractivity contribution in [3.8, 4) is 11.5 Å². The molecular formula is C17H20IN3O2S. The second-order valence-electron chi connectivity index (χ2n) is 5.72. The molecule has 0 amide bonds. The predicted octanol–water partition coefficient (Wildman–Crippen LogP) is 4.83. The Morgan fingerprint density at radius 2 is 2.17 bits per heavy atom. The quantitative estimate of drug-likeness (QED) is 0.384. The molecule has 0 radical (unpaired) electrons. The van der Waals surface area contributed by atoms with E-state index in [-0.39, 0.29) is 0 Å². The summed E-state index contributed by atoms with van der Waals surface area (Å²) in [5.74, 6) is 1.59. The molecule has 1 heterocycles. The maximum Gasteiger partial charge on any atom is 0.203 e. The third-order valence-corrected chi connectivity index (χ3v) is 5.50. The second-order valence-corrected chi connectivity index (χ2v) is 7.74. The fourth-order valence-corrected chi connectivity index (χ4v) is 4.06. The first kappa shape index (κ1) is 17.5. The molecule has 0 aliphatic heterocycles. The molecule has 1 fully saturated rings. The van der Waals surface area contributed by atoms with Gasteiger partial charge in [0, 0.05) is 5.38 Å². The SMILES string of the molecule is COc1cc(C=NNc2nc(C)cs2)cc(I)c1OC1CCCC1. The Morgan fingerprint density at radius 3 is 2.83 bits per heavy atom. The fraction of sp³-hybridized carbons (Fsp3) is 0.412. The Balaban J connectivity index is 1.73. The summed E-state index contributed by atoms with van der Waals surface area (Å²) in [5.41, 5.74) is 4.89. The van der Waals surface area contributed by atoms with E-state index in [2.05, 4.69) is 38.1 Å². The number of aromatic nitrogens is 1. The van der Waals surface area contributed by atoms with Gasteiger partial charge in [0.15, 0.2) is 11.5 Å². The molecular weight excluding hydrogens is 437 g/mol. The molecule has 1 N–H and O–H groups in total. The number of rotatable bonds is 6. The van der Waals surface area contributed by atoms with Gasteiger partial charge in [0.2, 0.25) is 5.13 Å². The number of aryl methyl sites for hydroxylation is 1. The Hall–Kier alpha value is -1.35. The maximum absolute atomic E-state index is 6.16. The minimum absolute atomic E-state index is 0.307. The first-order valence-corrected chi connectivity index (χ1v) is 9.87. The van der Waals surface area contributed by atoms with Gasteiger partial charge in [-0.25, -0.2) is 4.98 Å². The van der Waals surface area contributed by atoms with E-state index in [9.17, 15) is 0 Å². The van der Waals surface area contributed by atoms with Crippen molar-refractivity contribution in [1.82, 2.24) is 4.98 Å². The van der Waals surface area contributed by atoms with Gasteiger partial charge in [-0.3, -0.25) is 5.43 Å². The van der Waals surface area contributed by atoms with Crippen LogP contribution in [0.5, 0.6) is 11.5 Å². The van der Waals surface area contributed by atoms with Gasteiger partial charge in [-0.1, -0.05) is 0 Å². The minimum Gasteiger partial charge on any atom is -0.493 e. The lowest BCUT2D eigenvalue weighted by molar-refractivity contribution is 0.199. The number of thiazole rings is 1. The number of ether oxygens (including phenoxy) is 2. The third kappa shape index (κ3) is 4.38. The molecule has 1 aromatic carbocycles. The Morgan fingerprint density at radius 1 is 1.38 bits per heavy atom. The van der Waals surface area contributed by atoms with Crippen molar-refractivity contribution in [1.29, 1.82) is 0 Å². The largest absolute Gasteiger partial charge is 0.493 e. The van der Waals surface area contributed by atoms with Crippen molar-refractivity contribution in [2.75, 3.05) is 12.5 Å². The van der Waals surface area contributed by atoms with E-state index in [1.54, 1.807) is 13.3 Å². The van der Waals surface area contributed by atoms with E-state index in [0.29, 0.717) is 6.10 Å². The van der Waals surface area contributed by atoms with Crippen LogP contribution in [0.2, 0.25) is 0 Å².